The van der Waals surface area contributed by atoms with Crippen molar-refractivity contribution in [1.82, 2.24) is 0 Å². The number of carbonyl (C=O) groups is 2. The highest BCUT2D eigenvalue weighted by Crippen LogP contribution is 2.39. The molecule has 1 aliphatic rings. The second kappa shape index (κ2) is 5.38. The molecule has 0 saturated carbocycles. The molecule has 0 aromatic carbocycles. The first-order valence-electron chi connectivity index (χ1n) is 5.35. The number of halogens is 1. The first kappa shape index (κ1) is 13.5. The molecule has 1 amide bonds. The van der Waals surface area contributed by atoms with E-state index in [0.29, 0.717) is 28.0 Å². The second-order valence-electron chi connectivity index (χ2n) is 4.01. The van der Waals surface area contributed by atoms with E-state index in [4.69, 9.17) is 9.84 Å². The maximum Gasteiger partial charge on any atom is 0.350 e. The molecule has 1 fully saturated rings. The number of aliphatic hydroxyl groups is 1. The van der Waals surface area contributed by atoms with E-state index in [1.54, 1.807) is 5.38 Å². The third-order valence-corrected chi connectivity index (χ3v) is 4.68. The number of methoxy groups -OCH3 is 1. The van der Waals surface area contributed by atoms with Crippen LogP contribution >= 0.6 is 27.3 Å². The Kier molecular flexibility index (Phi) is 4.04. The van der Waals surface area contributed by atoms with Gasteiger partial charge in [0.2, 0.25) is 5.91 Å². The molecule has 7 heteroatoms. The highest BCUT2D eigenvalue weighted by Gasteiger charge is 2.34. The molecule has 0 aliphatic carbocycles. The first-order chi connectivity index (χ1) is 8.58. The van der Waals surface area contributed by atoms with Crippen molar-refractivity contribution in [3.05, 3.63) is 14.7 Å². The van der Waals surface area contributed by atoms with Gasteiger partial charge in [0.15, 0.2) is 0 Å². The summed E-state index contributed by atoms with van der Waals surface area (Å²) in [6.45, 7) is 0.395. The largest absolute Gasteiger partial charge is 0.465 e. The number of anilines is 1. The Balaban J connectivity index is 2.36. The summed E-state index contributed by atoms with van der Waals surface area (Å²) in [4.78, 5) is 25.5. The number of aliphatic hydroxyl groups excluding tert-OH is 1. The zero-order valence-corrected chi connectivity index (χ0v) is 12.1. The van der Waals surface area contributed by atoms with Gasteiger partial charge in [0.05, 0.1) is 17.3 Å². The van der Waals surface area contributed by atoms with Crippen molar-refractivity contribution >= 4 is 44.8 Å². The molecular weight excluding hydrogens is 322 g/mol. The van der Waals surface area contributed by atoms with Gasteiger partial charge in [-0.15, -0.1) is 11.3 Å². The fourth-order valence-corrected chi connectivity index (χ4v) is 3.61. The van der Waals surface area contributed by atoms with Crippen molar-refractivity contribution < 1.29 is 19.4 Å². The van der Waals surface area contributed by atoms with Gasteiger partial charge < -0.3 is 14.7 Å². The lowest BCUT2D eigenvalue weighted by atomic mass is 10.1. The number of rotatable bonds is 3. The SMILES string of the molecule is COC(=O)c1scc(Br)c1N1CC(CO)CC1=O. The Morgan fingerprint density at radius 2 is 2.44 bits per heavy atom. The van der Waals surface area contributed by atoms with Gasteiger partial charge in [-0.3, -0.25) is 4.79 Å². The van der Waals surface area contributed by atoms with Crippen LogP contribution in [0.1, 0.15) is 16.1 Å². The van der Waals surface area contributed by atoms with Crippen LogP contribution in [0.5, 0.6) is 0 Å². The van der Waals surface area contributed by atoms with Crippen LogP contribution in [0.15, 0.2) is 9.85 Å². The molecule has 1 aliphatic heterocycles. The molecule has 1 saturated heterocycles. The fraction of sp³-hybridized carbons (Fsp3) is 0.455. The normalized spacial score (nSPS) is 19.4. The summed E-state index contributed by atoms with van der Waals surface area (Å²) < 4.78 is 5.40. The predicted molar refractivity (Wildman–Crippen MR) is 70.9 cm³/mol. The average Bonchev–Trinajstić information content (AvgIpc) is 2.91. The van der Waals surface area contributed by atoms with Crippen molar-refractivity contribution in [3.63, 3.8) is 0 Å². The topological polar surface area (TPSA) is 66.8 Å². The highest BCUT2D eigenvalue weighted by atomic mass is 79.9. The number of thiophene rings is 1. The minimum Gasteiger partial charge on any atom is -0.465 e. The van der Waals surface area contributed by atoms with Crippen LogP contribution in [-0.4, -0.2) is 37.2 Å². The van der Waals surface area contributed by atoms with Gasteiger partial charge in [-0.1, -0.05) is 0 Å². The number of hydrogen-bond acceptors (Lipinski definition) is 5. The Morgan fingerprint density at radius 3 is 3.00 bits per heavy atom. The number of ether oxygens (including phenoxy) is 1. The second-order valence-corrected chi connectivity index (χ2v) is 5.74. The highest BCUT2D eigenvalue weighted by molar-refractivity contribution is 9.10. The van der Waals surface area contributed by atoms with Crippen molar-refractivity contribution in [1.29, 1.82) is 0 Å². The van der Waals surface area contributed by atoms with E-state index in [2.05, 4.69) is 15.9 Å². The van der Waals surface area contributed by atoms with Gasteiger partial charge in [0.1, 0.15) is 4.88 Å². The molecule has 98 valence electrons. The van der Waals surface area contributed by atoms with Crippen LogP contribution in [0.3, 0.4) is 0 Å². The summed E-state index contributed by atoms with van der Waals surface area (Å²) in [5, 5.41) is 10.9. The van der Waals surface area contributed by atoms with E-state index in [0.717, 1.165) is 0 Å². The summed E-state index contributed by atoms with van der Waals surface area (Å²) in [5.74, 6) is -0.617. The first-order valence-corrected chi connectivity index (χ1v) is 7.02. The van der Waals surface area contributed by atoms with Gasteiger partial charge in [-0.2, -0.15) is 0 Å². The van der Waals surface area contributed by atoms with Crippen molar-refractivity contribution in [2.75, 3.05) is 25.2 Å². The molecule has 1 atom stereocenters. The van der Waals surface area contributed by atoms with Gasteiger partial charge in [-0.05, 0) is 15.9 Å². The summed E-state index contributed by atoms with van der Waals surface area (Å²) in [5.41, 5.74) is 0.549. The smallest absolute Gasteiger partial charge is 0.350 e. The van der Waals surface area contributed by atoms with E-state index in [1.165, 1.54) is 23.3 Å². The third kappa shape index (κ3) is 2.30. The lowest BCUT2D eigenvalue weighted by Gasteiger charge is -2.17. The molecule has 1 aromatic rings. The third-order valence-electron chi connectivity index (χ3n) is 2.83. The number of esters is 1. The Labute approximate surface area is 116 Å². The number of hydrogen-bond donors (Lipinski definition) is 1. The molecule has 2 heterocycles. The zero-order chi connectivity index (χ0) is 13.3. The molecular formula is C11H12BrNO4S. The number of amides is 1. The van der Waals surface area contributed by atoms with Gasteiger partial charge in [-0.25, -0.2) is 4.79 Å². The summed E-state index contributed by atoms with van der Waals surface area (Å²) in [7, 11) is 1.31. The van der Waals surface area contributed by atoms with Crippen LogP contribution < -0.4 is 4.90 Å². The minimum atomic E-state index is -0.457. The maximum absolute atomic E-state index is 11.9. The number of nitrogens with zero attached hydrogens (tertiary/aromatic N) is 1. The molecule has 0 bridgehead atoms. The molecule has 1 unspecified atom stereocenters. The average molecular weight is 334 g/mol. The number of carbonyl (C=O) groups excluding carboxylic acids is 2. The summed E-state index contributed by atoms with van der Waals surface area (Å²) >= 11 is 4.57. The van der Waals surface area contributed by atoms with Crippen molar-refractivity contribution in [2.45, 2.75) is 6.42 Å². The van der Waals surface area contributed by atoms with Gasteiger partial charge >= 0.3 is 5.97 Å². The lowest BCUT2D eigenvalue weighted by molar-refractivity contribution is -0.117. The van der Waals surface area contributed by atoms with Crippen molar-refractivity contribution in [3.8, 4) is 0 Å². The molecule has 5 nitrogen and oxygen atoms in total. The van der Waals surface area contributed by atoms with Gasteiger partial charge in [0.25, 0.3) is 0 Å². The van der Waals surface area contributed by atoms with Crippen molar-refractivity contribution in [2.24, 2.45) is 5.92 Å². The molecule has 2 rings (SSSR count). The quantitative estimate of drug-likeness (QED) is 0.854. The van der Waals surface area contributed by atoms with Crippen LogP contribution in [-0.2, 0) is 9.53 Å². The maximum atomic E-state index is 11.9. The van der Waals surface area contributed by atoms with E-state index < -0.39 is 5.97 Å². The Hall–Kier alpha value is -0.920. The molecule has 0 spiro atoms. The molecule has 1 aromatic heterocycles. The predicted octanol–water partition coefficient (Wildman–Crippen LogP) is 1.64. The molecule has 18 heavy (non-hydrogen) atoms. The monoisotopic (exact) mass is 333 g/mol. The summed E-state index contributed by atoms with van der Waals surface area (Å²) in [6.07, 6.45) is 0.305. The van der Waals surface area contributed by atoms with Gasteiger partial charge in [0, 0.05) is 30.9 Å². The summed E-state index contributed by atoms with van der Waals surface area (Å²) in [6, 6.07) is 0. The van der Waals surface area contributed by atoms with Crippen LogP contribution in [0, 0.1) is 5.92 Å². The lowest BCUT2D eigenvalue weighted by Crippen LogP contribution is -2.26. The van der Waals surface area contributed by atoms with E-state index in [-0.39, 0.29) is 18.4 Å². The zero-order valence-electron chi connectivity index (χ0n) is 9.68. The van der Waals surface area contributed by atoms with E-state index in [1.807, 2.05) is 0 Å². The van der Waals surface area contributed by atoms with Crippen LogP contribution in [0.25, 0.3) is 0 Å². The van der Waals surface area contributed by atoms with E-state index in [9.17, 15) is 9.59 Å². The standard InChI is InChI=1S/C11H12BrNO4S/c1-17-11(16)10-9(7(12)5-18-10)13-3-6(4-14)2-8(13)15/h5-6,14H,2-4H2,1H3. The molecule has 1 N–H and O–H groups in total. The minimum absolute atomic E-state index is 0.0302. The molecule has 0 radical (unpaired) electrons. The van der Waals surface area contributed by atoms with E-state index >= 15 is 0 Å². The fourth-order valence-electron chi connectivity index (χ4n) is 1.94. The Bertz CT molecular complexity index is 487. The van der Waals surface area contributed by atoms with Crippen LogP contribution in [0.2, 0.25) is 0 Å². The van der Waals surface area contributed by atoms with Crippen LogP contribution in [0.4, 0.5) is 5.69 Å². The Morgan fingerprint density at radius 1 is 1.72 bits per heavy atom.